The fourth-order valence-corrected chi connectivity index (χ4v) is 4.98. The van der Waals surface area contributed by atoms with Crippen LogP contribution in [0.25, 0.3) is 0 Å². The molecule has 0 bridgehead atoms. The fourth-order valence-electron chi connectivity index (χ4n) is 4.98. The highest BCUT2D eigenvalue weighted by atomic mass is 16.5. The second-order valence-electron chi connectivity index (χ2n) is 7.47. The van der Waals surface area contributed by atoms with Crippen molar-refractivity contribution in [2.24, 2.45) is 5.41 Å². The first-order valence-corrected chi connectivity index (χ1v) is 8.88. The van der Waals surface area contributed by atoms with Crippen LogP contribution in [-0.4, -0.2) is 33.6 Å². The van der Waals surface area contributed by atoms with Crippen LogP contribution < -0.4 is 5.48 Å². The summed E-state index contributed by atoms with van der Waals surface area (Å²) in [7, 11) is 0. The lowest BCUT2D eigenvalue weighted by molar-refractivity contribution is -0.0593. The number of hydrogen-bond donors (Lipinski definition) is 2. The number of nitrogens with one attached hydrogen (secondary N) is 1. The first kappa shape index (κ1) is 15.1. The van der Waals surface area contributed by atoms with Gasteiger partial charge in [-0.15, -0.1) is 0 Å². The summed E-state index contributed by atoms with van der Waals surface area (Å²) in [4.78, 5) is 18.7. The van der Waals surface area contributed by atoms with E-state index in [9.17, 15) is 4.79 Å². The van der Waals surface area contributed by atoms with Crippen LogP contribution in [0.1, 0.15) is 66.6 Å². The van der Waals surface area contributed by atoms with Crippen LogP contribution in [0.2, 0.25) is 0 Å². The second-order valence-corrected chi connectivity index (χ2v) is 7.47. The van der Waals surface area contributed by atoms with Crippen molar-refractivity contribution in [3.05, 3.63) is 29.1 Å². The molecule has 2 saturated carbocycles. The van der Waals surface area contributed by atoms with Crippen molar-refractivity contribution in [1.29, 1.82) is 0 Å². The molecule has 2 fully saturated rings. The third-order valence-corrected chi connectivity index (χ3v) is 6.36. The molecule has 3 aliphatic rings. The van der Waals surface area contributed by atoms with Gasteiger partial charge in [0.1, 0.15) is 0 Å². The molecule has 1 aromatic heterocycles. The molecule has 23 heavy (non-hydrogen) atoms. The quantitative estimate of drug-likeness (QED) is 0.650. The minimum absolute atomic E-state index is 0.437. The van der Waals surface area contributed by atoms with Crippen LogP contribution in [0.3, 0.4) is 0 Å². The molecule has 1 unspecified atom stereocenters. The molecule has 1 aromatic rings. The van der Waals surface area contributed by atoms with Gasteiger partial charge in [-0.05, 0) is 49.1 Å². The van der Waals surface area contributed by atoms with Gasteiger partial charge < -0.3 is 0 Å². The van der Waals surface area contributed by atoms with Gasteiger partial charge in [-0.3, -0.25) is 19.9 Å². The monoisotopic (exact) mass is 315 g/mol. The Bertz CT molecular complexity index is 610. The van der Waals surface area contributed by atoms with Crippen molar-refractivity contribution >= 4 is 5.91 Å². The summed E-state index contributed by atoms with van der Waals surface area (Å²) >= 11 is 0. The predicted octanol–water partition coefficient (Wildman–Crippen LogP) is 2.67. The Morgan fingerprint density at radius 1 is 1.30 bits per heavy atom. The Hall–Kier alpha value is -1.46. The Morgan fingerprint density at radius 3 is 2.83 bits per heavy atom. The molecule has 5 nitrogen and oxygen atoms in total. The molecular formula is C18H25N3O2. The number of rotatable bonds is 2. The number of carbonyl (C=O) groups excluding carboxylic acids is 1. The molecule has 1 spiro atoms. The summed E-state index contributed by atoms with van der Waals surface area (Å²) in [6, 6.07) is 2.61. The van der Waals surface area contributed by atoms with Crippen LogP contribution in [0.5, 0.6) is 0 Å². The summed E-state index contributed by atoms with van der Waals surface area (Å²) < 4.78 is 0. The molecule has 0 aromatic carbocycles. The number of nitrogens with zero attached hydrogens (tertiary/aromatic N) is 2. The standard InChI is InChI=1S/C18H25N3O2/c22-17(20-23)14-10-13-5-9-21(12-15(13)19-11-14)16-4-8-18(16)6-2-1-3-7-18/h10-11,16,23H,1-9,12H2,(H,20,22). The van der Waals surface area contributed by atoms with E-state index >= 15 is 0 Å². The average Bonchev–Trinajstić information content (AvgIpc) is 2.60. The van der Waals surface area contributed by atoms with Crippen molar-refractivity contribution in [1.82, 2.24) is 15.4 Å². The number of fused-ring (bicyclic) bond motifs is 1. The Labute approximate surface area is 137 Å². The number of amides is 1. The number of pyridine rings is 1. The SMILES string of the molecule is O=C(NO)c1cnc2c(c1)CCN(C1CCC13CCCCC3)C2. The van der Waals surface area contributed by atoms with E-state index in [1.54, 1.807) is 11.7 Å². The summed E-state index contributed by atoms with van der Waals surface area (Å²) in [6.45, 7) is 1.97. The molecule has 2 heterocycles. The van der Waals surface area contributed by atoms with Crippen molar-refractivity contribution in [2.45, 2.75) is 64.0 Å². The maximum atomic E-state index is 11.5. The zero-order valence-corrected chi connectivity index (χ0v) is 13.6. The number of hydrogen-bond acceptors (Lipinski definition) is 4. The van der Waals surface area contributed by atoms with Gasteiger partial charge in [0.25, 0.3) is 5.91 Å². The first-order chi connectivity index (χ1) is 11.2. The van der Waals surface area contributed by atoms with Crippen LogP contribution in [-0.2, 0) is 13.0 Å². The van der Waals surface area contributed by atoms with E-state index in [1.807, 2.05) is 6.07 Å². The molecule has 0 radical (unpaired) electrons. The molecule has 1 amide bonds. The van der Waals surface area contributed by atoms with Gasteiger partial charge in [-0.1, -0.05) is 19.3 Å². The van der Waals surface area contributed by atoms with Gasteiger partial charge in [-0.25, -0.2) is 5.48 Å². The number of carbonyl (C=O) groups is 1. The smallest absolute Gasteiger partial charge is 0.276 e. The lowest BCUT2D eigenvalue weighted by Gasteiger charge is -2.57. The summed E-state index contributed by atoms with van der Waals surface area (Å²) in [5.41, 5.74) is 4.96. The zero-order chi connectivity index (χ0) is 15.9. The van der Waals surface area contributed by atoms with Crippen molar-refractivity contribution in [3.63, 3.8) is 0 Å². The molecular weight excluding hydrogens is 290 g/mol. The zero-order valence-electron chi connectivity index (χ0n) is 13.6. The normalized spacial score (nSPS) is 26.4. The maximum absolute atomic E-state index is 11.5. The minimum Gasteiger partial charge on any atom is -0.294 e. The molecule has 2 aliphatic carbocycles. The Kier molecular flexibility index (Phi) is 3.85. The number of hydroxylamine groups is 1. The number of aromatic nitrogens is 1. The second kappa shape index (κ2) is 5.87. The topological polar surface area (TPSA) is 65.5 Å². The van der Waals surface area contributed by atoms with Crippen LogP contribution >= 0.6 is 0 Å². The minimum atomic E-state index is -0.483. The average molecular weight is 315 g/mol. The molecule has 0 saturated heterocycles. The highest BCUT2D eigenvalue weighted by molar-refractivity contribution is 5.93. The molecule has 4 rings (SSSR count). The molecule has 2 N–H and O–H groups in total. The van der Waals surface area contributed by atoms with E-state index in [0.717, 1.165) is 36.8 Å². The molecule has 1 atom stereocenters. The van der Waals surface area contributed by atoms with Crippen molar-refractivity contribution in [3.8, 4) is 0 Å². The molecule has 124 valence electrons. The Morgan fingerprint density at radius 2 is 2.13 bits per heavy atom. The van der Waals surface area contributed by atoms with Gasteiger partial charge >= 0.3 is 0 Å². The highest BCUT2D eigenvalue weighted by Crippen LogP contribution is 2.54. The predicted molar refractivity (Wildman–Crippen MR) is 86.1 cm³/mol. The van der Waals surface area contributed by atoms with E-state index in [1.165, 1.54) is 44.9 Å². The maximum Gasteiger partial charge on any atom is 0.276 e. The highest BCUT2D eigenvalue weighted by Gasteiger charge is 2.49. The van der Waals surface area contributed by atoms with E-state index in [2.05, 4.69) is 9.88 Å². The lowest BCUT2D eigenvalue weighted by Crippen LogP contribution is -2.57. The van der Waals surface area contributed by atoms with E-state index in [0.29, 0.717) is 11.0 Å². The summed E-state index contributed by atoms with van der Waals surface area (Å²) in [5, 5.41) is 8.75. The fraction of sp³-hybridized carbons (Fsp3) is 0.667. The third kappa shape index (κ3) is 2.56. The van der Waals surface area contributed by atoms with Gasteiger partial charge in [0.05, 0.1) is 11.3 Å². The third-order valence-electron chi connectivity index (χ3n) is 6.36. The van der Waals surface area contributed by atoms with Crippen LogP contribution in [0.4, 0.5) is 0 Å². The van der Waals surface area contributed by atoms with Crippen LogP contribution in [0.15, 0.2) is 12.3 Å². The summed E-state index contributed by atoms with van der Waals surface area (Å²) in [6.07, 6.45) is 12.3. The first-order valence-electron chi connectivity index (χ1n) is 8.88. The Balaban J connectivity index is 1.50. The van der Waals surface area contributed by atoms with Gasteiger partial charge in [0.2, 0.25) is 0 Å². The van der Waals surface area contributed by atoms with Gasteiger partial charge in [0.15, 0.2) is 0 Å². The van der Waals surface area contributed by atoms with E-state index in [-0.39, 0.29) is 0 Å². The van der Waals surface area contributed by atoms with Crippen molar-refractivity contribution < 1.29 is 10.0 Å². The van der Waals surface area contributed by atoms with E-state index < -0.39 is 5.91 Å². The van der Waals surface area contributed by atoms with Crippen LogP contribution in [0, 0.1) is 5.41 Å². The summed E-state index contributed by atoms with van der Waals surface area (Å²) in [5.74, 6) is -0.483. The van der Waals surface area contributed by atoms with Crippen molar-refractivity contribution in [2.75, 3.05) is 6.54 Å². The molecule has 5 heteroatoms. The van der Waals surface area contributed by atoms with Gasteiger partial charge in [0, 0.05) is 25.3 Å². The lowest BCUT2D eigenvalue weighted by atomic mass is 9.56. The molecule has 1 aliphatic heterocycles. The largest absolute Gasteiger partial charge is 0.294 e. The van der Waals surface area contributed by atoms with Gasteiger partial charge in [-0.2, -0.15) is 0 Å². The van der Waals surface area contributed by atoms with E-state index in [4.69, 9.17) is 5.21 Å².